The topological polar surface area (TPSA) is 17.1 Å². The van der Waals surface area contributed by atoms with Crippen molar-refractivity contribution in [2.24, 2.45) is 11.8 Å². The second-order valence-corrected chi connectivity index (χ2v) is 4.55. The summed E-state index contributed by atoms with van der Waals surface area (Å²) in [7, 11) is 0. The van der Waals surface area contributed by atoms with Crippen molar-refractivity contribution in [2.45, 2.75) is 11.8 Å². The summed E-state index contributed by atoms with van der Waals surface area (Å²) < 4.78 is 0. The molecule has 0 aromatic heterocycles. The standard InChI is InChI=1S/C13H10O/c14-10-6-5-9-11-7-3-1-2-4-8(7)12(10)13(9)11/h1-6,9,11-13H/t9-,11+,12-,13-/m0/s1. The fourth-order valence-corrected chi connectivity index (χ4v) is 3.41. The van der Waals surface area contributed by atoms with Crippen molar-refractivity contribution in [1.82, 2.24) is 0 Å². The molecule has 0 heterocycles. The number of fused-ring (bicyclic) bond motifs is 4. The second kappa shape index (κ2) is 2.00. The van der Waals surface area contributed by atoms with Crippen LogP contribution < -0.4 is 0 Å². The number of hydrogen-bond acceptors (Lipinski definition) is 1. The first-order valence-corrected chi connectivity index (χ1v) is 5.19. The van der Waals surface area contributed by atoms with E-state index in [4.69, 9.17) is 0 Å². The molecule has 3 aliphatic rings. The maximum atomic E-state index is 11.8. The van der Waals surface area contributed by atoms with E-state index in [1.165, 1.54) is 11.1 Å². The van der Waals surface area contributed by atoms with Crippen LogP contribution in [0.4, 0.5) is 0 Å². The molecule has 0 saturated heterocycles. The molecule has 68 valence electrons. The van der Waals surface area contributed by atoms with Gasteiger partial charge in [0.25, 0.3) is 0 Å². The number of carbonyl (C=O) groups excluding carboxylic acids is 1. The Morgan fingerprint density at radius 1 is 1.07 bits per heavy atom. The van der Waals surface area contributed by atoms with Gasteiger partial charge in [-0.3, -0.25) is 4.79 Å². The molecule has 0 aliphatic heterocycles. The number of benzene rings is 1. The highest BCUT2D eigenvalue weighted by Gasteiger charge is 2.62. The molecule has 0 radical (unpaired) electrons. The van der Waals surface area contributed by atoms with Gasteiger partial charge in [-0.2, -0.15) is 0 Å². The first-order chi connectivity index (χ1) is 6.88. The van der Waals surface area contributed by atoms with E-state index in [2.05, 4.69) is 24.3 Å². The fraction of sp³-hybridized carbons (Fsp3) is 0.308. The summed E-state index contributed by atoms with van der Waals surface area (Å²) in [4.78, 5) is 11.8. The molecule has 0 bridgehead atoms. The average Bonchev–Trinajstić information content (AvgIpc) is 2.81. The first kappa shape index (κ1) is 6.99. The lowest BCUT2D eigenvalue weighted by Crippen LogP contribution is -2.15. The van der Waals surface area contributed by atoms with E-state index in [0.29, 0.717) is 23.5 Å². The van der Waals surface area contributed by atoms with Crippen LogP contribution >= 0.6 is 0 Å². The van der Waals surface area contributed by atoms with Crippen molar-refractivity contribution in [3.05, 3.63) is 47.5 Å². The third-order valence-electron chi connectivity index (χ3n) is 4.00. The predicted molar refractivity (Wildman–Crippen MR) is 53.1 cm³/mol. The lowest BCUT2D eigenvalue weighted by molar-refractivity contribution is -0.116. The molecule has 0 spiro atoms. The van der Waals surface area contributed by atoms with Crippen molar-refractivity contribution in [3.63, 3.8) is 0 Å². The quantitative estimate of drug-likeness (QED) is 0.601. The van der Waals surface area contributed by atoms with Crippen LogP contribution in [0.1, 0.15) is 23.0 Å². The number of hydrogen-bond donors (Lipinski definition) is 0. The summed E-state index contributed by atoms with van der Waals surface area (Å²) in [5.74, 6) is 2.47. The molecule has 0 unspecified atom stereocenters. The molecular weight excluding hydrogens is 172 g/mol. The normalized spacial score (nSPS) is 40.7. The Bertz CT molecular complexity index is 472. The number of rotatable bonds is 0. The molecule has 1 saturated carbocycles. The van der Waals surface area contributed by atoms with E-state index in [1.54, 1.807) is 6.08 Å². The average molecular weight is 182 g/mol. The molecule has 1 heteroatoms. The van der Waals surface area contributed by atoms with E-state index < -0.39 is 0 Å². The van der Waals surface area contributed by atoms with Crippen LogP contribution in [0.2, 0.25) is 0 Å². The molecular formula is C13H10O. The molecule has 4 rings (SSSR count). The minimum atomic E-state index is 0.200. The van der Waals surface area contributed by atoms with Crippen molar-refractivity contribution < 1.29 is 4.79 Å². The van der Waals surface area contributed by atoms with Crippen LogP contribution in [0, 0.1) is 11.8 Å². The van der Waals surface area contributed by atoms with Gasteiger partial charge < -0.3 is 0 Å². The Hall–Kier alpha value is -1.37. The third kappa shape index (κ3) is 0.597. The summed E-state index contributed by atoms with van der Waals surface area (Å²) in [6.07, 6.45) is 3.91. The molecule has 1 aromatic rings. The maximum Gasteiger partial charge on any atom is 0.163 e. The molecule has 4 atom stereocenters. The third-order valence-corrected chi connectivity index (χ3v) is 4.00. The summed E-state index contributed by atoms with van der Waals surface area (Å²) in [6.45, 7) is 0. The monoisotopic (exact) mass is 182 g/mol. The summed E-state index contributed by atoms with van der Waals surface area (Å²) in [5.41, 5.74) is 2.73. The van der Waals surface area contributed by atoms with E-state index in [0.717, 1.165) is 0 Å². The van der Waals surface area contributed by atoms with E-state index in [-0.39, 0.29) is 5.92 Å². The van der Waals surface area contributed by atoms with Crippen LogP contribution in [0.15, 0.2) is 36.4 Å². The van der Waals surface area contributed by atoms with E-state index in [9.17, 15) is 4.79 Å². The Morgan fingerprint density at radius 3 is 2.71 bits per heavy atom. The van der Waals surface area contributed by atoms with Crippen LogP contribution in [-0.2, 0) is 4.79 Å². The van der Waals surface area contributed by atoms with Crippen LogP contribution in [0.3, 0.4) is 0 Å². The molecule has 3 aliphatic carbocycles. The molecule has 1 aromatic carbocycles. The van der Waals surface area contributed by atoms with Gasteiger partial charge >= 0.3 is 0 Å². The molecule has 1 nitrogen and oxygen atoms in total. The van der Waals surface area contributed by atoms with Crippen LogP contribution in [0.25, 0.3) is 0 Å². The van der Waals surface area contributed by atoms with Crippen molar-refractivity contribution >= 4 is 5.78 Å². The largest absolute Gasteiger partial charge is 0.294 e. The first-order valence-electron chi connectivity index (χ1n) is 5.19. The van der Waals surface area contributed by atoms with E-state index in [1.807, 2.05) is 6.07 Å². The van der Waals surface area contributed by atoms with Crippen molar-refractivity contribution in [3.8, 4) is 0 Å². The van der Waals surface area contributed by atoms with Gasteiger partial charge in [-0.1, -0.05) is 30.3 Å². The Morgan fingerprint density at radius 2 is 1.86 bits per heavy atom. The molecule has 1 fully saturated rings. The Labute approximate surface area is 82.4 Å². The van der Waals surface area contributed by atoms with Gasteiger partial charge in [0, 0.05) is 0 Å². The fourth-order valence-electron chi connectivity index (χ4n) is 3.41. The molecule has 14 heavy (non-hydrogen) atoms. The zero-order valence-electron chi connectivity index (χ0n) is 7.68. The lowest BCUT2D eigenvalue weighted by Gasteiger charge is -2.16. The van der Waals surface area contributed by atoms with Gasteiger partial charge in [-0.05, 0) is 35.0 Å². The summed E-state index contributed by atoms with van der Waals surface area (Å²) in [6, 6.07) is 8.45. The minimum absolute atomic E-state index is 0.200. The van der Waals surface area contributed by atoms with Gasteiger partial charge in [0.1, 0.15) is 0 Å². The maximum absolute atomic E-state index is 11.8. The van der Waals surface area contributed by atoms with E-state index >= 15 is 0 Å². The SMILES string of the molecule is O=C1C=C[C@H]2[C@H]3c4ccccc4[C@@H]1[C@@H]23. The highest BCUT2D eigenvalue weighted by molar-refractivity contribution is 5.99. The van der Waals surface area contributed by atoms with Crippen LogP contribution in [0.5, 0.6) is 0 Å². The summed E-state index contributed by atoms with van der Waals surface area (Å²) >= 11 is 0. The van der Waals surface area contributed by atoms with Gasteiger partial charge in [-0.25, -0.2) is 0 Å². The number of ketones is 1. The second-order valence-electron chi connectivity index (χ2n) is 4.55. The highest BCUT2D eigenvalue weighted by atomic mass is 16.1. The number of allylic oxidation sites excluding steroid dienone is 2. The minimum Gasteiger partial charge on any atom is -0.294 e. The van der Waals surface area contributed by atoms with Gasteiger partial charge in [0.2, 0.25) is 0 Å². The Kier molecular flexibility index (Phi) is 0.999. The van der Waals surface area contributed by atoms with Gasteiger partial charge in [-0.15, -0.1) is 0 Å². The zero-order valence-corrected chi connectivity index (χ0v) is 7.68. The van der Waals surface area contributed by atoms with Gasteiger partial charge in [0.05, 0.1) is 5.92 Å². The zero-order chi connectivity index (χ0) is 9.28. The number of carbonyl (C=O) groups is 1. The van der Waals surface area contributed by atoms with Crippen LogP contribution in [-0.4, -0.2) is 5.78 Å². The highest BCUT2D eigenvalue weighted by Crippen LogP contribution is 2.69. The Balaban J connectivity index is 2.00. The van der Waals surface area contributed by atoms with Gasteiger partial charge in [0.15, 0.2) is 5.78 Å². The molecule has 0 amide bonds. The van der Waals surface area contributed by atoms with Crippen molar-refractivity contribution in [1.29, 1.82) is 0 Å². The summed E-state index contributed by atoms with van der Waals surface area (Å²) in [5, 5.41) is 0. The smallest absolute Gasteiger partial charge is 0.163 e. The molecule has 0 N–H and O–H groups in total. The predicted octanol–water partition coefficient (Wildman–Crippen LogP) is 2.25. The lowest BCUT2D eigenvalue weighted by atomic mass is 9.86. The van der Waals surface area contributed by atoms with Crippen molar-refractivity contribution in [2.75, 3.05) is 0 Å².